The largest absolute Gasteiger partial charge is 0.480 e. The number of hydrogen-bond donors (Lipinski definition) is 3. The molecule has 21 heavy (non-hydrogen) atoms. The molecule has 0 aliphatic rings. The Labute approximate surface area is 127 Å². The number of aryl methyl sites for hydroxylation is 1. The van der Waals surface area contributed by atoms with Crippen LogP contribution in [0.3, 0.4) is 0 Å². The molecule has 1 atom stereocenters. The molecule has 0 saturated heterocycles. The van der Waals surface area contributed by atoms with Crippen LogP contribution in [0.1, 0.15) is 12.0 Å². The Morgan fingerprint density at radius 1 is 1.19 bits per heavy atom. The van der Waals surface area contributed by atoms with Crippen LogP contribution >= 0.6 is 11.8 Å². The molecule has 114 valence electrons. The van der Waals surface area contributed by atoms with Crippen molar-refractivity contribution in [2.75, 3.05) is 17.3 Å². The third-order valence-corrected chi connectivity index (χ3v) is 3.37. The van der Waals surface area contributed by atoms with Gasteiger partial charge in [-0.1, -0.05) is 17.7 Å². The Balaban J connectivity index is 2.58. The van der Waals surface area contributed by atoms with E-state index < -0.39 is 23.8 Å². The highest BCUT2D eigenvalue weighted by atomic mass is 32.2. The highest BCUT2D eigenvalue weighted by molar-refractivity contribution is 7.98. The van der Waals surface area contributed by atoms with Crippen molar-refractivity contribution in [1.82, 2.24) is 5.32 Å². The summed E-state index contributed by atoms with van der Waals surface area (Å²) in [5, 5.41) is 13.6. The predicted molar refractivity (Wildman–Crippen MR) is 82.4 cm³/mol. The number of carboxylic acids is 1. The van der Waals surface area contributed by atoms with Gasteiger partial charge >= 0.3 is 17.8 Å². The van der Waals surface area contributed by atoms with Crippen molar-refractivity contribution >= 4 is 35.2 Å². The fourth-order valence-corrected chi connectivity index (χ4v) is 2.01. The Kier molecular flexibility index (Phi) is 6.74. The number of hydrogen-bond acceptors (Lipinski definition) is 4. The van der Waals surface area contributed by atoms with Crippen molar-refractivity contribution in [2.45, 2.75) is 19.4 Å². The van der Waals surface area contributed by atoms with Crippen LogP contribution in [0.4, 0.5) is 5.69 Å². The first-order valence-electron chi connectivity index (χ1n) is 6.34. The number of carboxylic acid groups (broad SMARTS) is 1. The van der Waals surface area contributed by atoms with Gasteiger partial charge in [-0.25, -0.2) is 4.79 Å². The van der Waals surface area contributed by atoms with E-state index in [1.54, 1.807) is 24.3 Å². The van der Waals surface area contributed by atoms with Crippen LogP contribution in [0.5, 0.6) is 0 Å². The zero-order valence-corrected chi connectivity index (χ0v) is 12.7. The lowest BCUT2D eigenvalue weighted by Gasteiger charge is -2.13. The Morgan fingerprint density at radius 2 is 1.81 bits per heavy atom. The fraction of sp³-hybridized carbons (Fsp3) is 0.357. The van der Waals surface area contributed by atoms with E-state index in [9.17, 15) is 14.4 Å². The van der Waals surface area contributed by atoms with E-state index in [4.69, 9.17) is 5.11 Å². The van der Waals surface area contributed by atoms with Crippen LogP contribution in [0.2, 0.25) is 0 Å². The fourth-order valence-electron chi connectivity index (χ4n) is 1.54. The van der Waals surface area contributed by atoms with Crippen LogP contribution in [-0.2, 0) is 14.4 Å². The van der Waals surface area contributed by atoms with Crippen LogP contribution in [0.25, 0.3) is 0 Å². The van der Waals surface area contributed by atoms with Gasteiger partial charge in [0.1, 0.15) is 6.04 Å². The van der Waals surface area contributed by atoms with E-state index in [0.717, 1.165) is 5.56 Å². The molecule has 0 aliphatic carbocycles. The molecule has 3 N–H and O–H groups in total. The Morgan fingerprint density at radius 3 is 2.33 bits per heavy atom. The van der Waals surface area contributed by atoms with Crippen LogP contribution in [-0.4, -0.2) is 40.9 Å². The van der Waals surface area contributed by atoms with Crippen molar-refractivity contribution < 1.29 is 19.5 Å². The van der Waals surface area contributed by atoms with Crippen LogP contribution in [0, 0.1) is 6.92 Å². The molecule has 0 fully saturated rings. The summed E-state index contributed by atoms with van der Waals surface area (Å²) in [6.45, 7) is 1.90. The zero-order valence-electron chi connectivity index (χ0n) is 11.9. The van der Waals surface area contributed by atoms with E-state index in [2.05, 4.69) is 10.6 Å². The number of carbonyl (C=O) groups is 3. The topological polar surface area (TPSA) is 95.5 Å². The highest BCUT2D eigenvalue weighted by Gasteiger charge is 2.23. The number of anilines is 1. The first-order valence-corrected chi connectivity index (χ1v) is 7.73. The van der Waals surface area contributed by atoms with Crippen molar-refractivity contribution in [1.29, 1.82) is 0 Å². The molecule has 0 spiro atoms. The molecular formula is C14H18N2O4S. The lowest BCUT2D eigenvalue weighted by atomic mass is 10.2. The van der Waals surface area contributed by atoms with Crippen molar-refractivity contribution in [3.05, 3.63) is 29.8 Å². The smallest absolute Gasteiger partial charge is 0.326 e. The van der Waals surface area contributed by atoms with E-state index in [-0.39, 0.29) is 6.42 Å². The molecule has 0 radical (unpaired) electrons. The van der Waals surface area contributed by atoms with Gasteiger partial charge < -0.3 is 15.7 Å². The van der Waals surface area contributed by atoms with E-state index in [1.165, 1.54) is 11.8 Å². The minimum atomic E-state index is -1.15. The van der Waals surface area contributed by atoms with Crippen molar-refractivity contribution in [3.63, 3.8) is 0 Å². The van der Waals surface area contributed by atoms with Gasteiger partial charge in [-0.3, -0.25) is 9.59 Å². The molecule has 0 saturated carbocycles. The van der Waals surface area contributed by atoms with E-state index in [0.29, 0.717) is 11.4 Å². The molecule has 1 aromatic rings. The molecule has 0 bridgehead atoms. The molecule has 7 heteroatoms. The average molecular weight is 310 g/mol. The molecule has 0 unspecified atom stereocenters. The molecule has 0 aromatic heterocycles. The lowest BCUT2D eigenvalue weighted by Crippen LogP contribution is -2.46. The predicted octanol–water partition coefficient (Wildman–Crippen LogP) is 1.26. The zero-order chi connectivity index (χ0) is 15.8. The molecule has 1 aromatic carbocycles. The minimum Gasteiger partial charge on any atom is -0.480 e. The van der Waals surface area contributed by atoms with Gasteiger partial charge in [0.25, 0.3) is 0 Å². The standard InChI is InChI=1S/C14H18N2O4S/c1-9-3-5-10(6-4-9)15-12(17)13(18)16-11(14(19)20)7-8-21-2/h3-6,11H,7-8H2,1-2H3,(H,15,17)(H,16,18)(H,19,20)/t11-/m1/s1. The van der Waals surface area contributed by atoms with Crippen LogP contribution in [0.15, 0.2) is 24.3 Å². The maximum absolute atomic E-state index is 11.7. The third-order valence-electron chi connectivity index (χ3n) is 2.73. The van der Waals surface area contributed by atoms with Gasteiger partial charge in [-0.15, -0.1) is 0 Å². The summed E-state index contributed by atoms with van der Waals surface area (Å²) in [5.74, 6) is -2.41. The molecule has 0 aliphatic heterocycles. The van der Waals surface area contributed by atoms with Crippen LogP contribution < -0.4 is 10.6 Å². The summed E-state index contributed by atoms with van der Waals surface area (Å²) in [5.41, 5.74) is 1.51. The Hall–Kier alpha value is -2.02. The Bertz CT molecular complexity index is 516. The monoisotopic (exact) mass is 310 g/mol. The lowest BCUT2D eigenvalue weighted by molar-refractivity contribution is -0.143. The maximum atomic E-state index is 11.7. The third kappa shape index (κ3) is 5.86. The molecule has 0 heterocycles. The van der Waals surface area contributed by atoms with Crippen molar-refractivity contribution in [3.8, 4) is 0 Å². The summed E-state index contributed by atoms with van der Waals surface area (Å²) in [6.07, 6.45) is 2.10. The number of aliphatic carboxylic acids is 1. The van der Waals surface area contributed by atoms with Gasteiger partial charge in [-0.05, 0) is 37.5 Å². The minimum absolute atomic E-state index is 0.264. The molecule has 6 nitrogen and oxygen atoms in total. The second-order valence-electron chi connectivity index (χ2n) is 4.47. The van der Waals surface area contributed by atoms with E-state index >= 15 is 0 Å². The second kappa shape index (κ2) is 8.31. The molecule has 1 rings (SSSR count). The quantitative estimate of drug-likeness (QED) is 0.687. The molecular weight excluding hydrogens is 292 g/mol. The highest BCUT2D eigenvalue weighted by Crippen LogP contribution is 2.08. The summed E-state index contributed by atoms with van der Waals surface area (Å²) in [6, 6.07) is 5.87. The van der Waals surface area contributed by atoms with Crippen molar-refractivity contribution in [2.24, 2.45) is 0 Å². The summed E-state index contributed by atoms with van der Waals surface area (Å²) in [4.78, 5) is 34.4. The summed E-state index contributed by atoms with van der Waals surface area (Å²) in [7, 11) is 0. The van der Waals surface area contributed by atoms with Gasteiger partial charge in [0.05, 0.1) is 0 Å². The second-order valence-corrected chi connectivity index (χ2v) is 5.45. The number of nitrogens with one attached hydrogen (secondary N) is 2. The summed E-state index contributed by atoms with van der Waals surface area (Å²) >= 11 is 1.47. The van der Waals surface area contributed by atoms with Gasteiger partial charge in [0.2, 0.25) is 0 Å². The molecule has 2 amide bonds. The van der Waals surface area contributed by atoms with Gasteiger partial charge in [0, 0.05) is 5.69 Å². The first kappa shape index (κ1) is 17.0. The first-order chi connectivity index (χ1) is 9.93. The number of thioether (sulfide) groups is 1. The van der Waals surface area contributed by atoms with Gasteiger partial charge in [-0.2, -0.15) is 11.8 Å². The number of benzene rings is 1. The van der Waals surface area contributed by atoms with Gasteiger partial charge in [0.15, 0.2) is 0 Å². The number of amides is 2. The number of rotatable bonds is 6. The SMILES string of the molecule is CSCC[C@@H](NC(=O)C(=O)Nc1ccc(C)cc1)C(=O)O. The summed E-state index contributed by atoms with van der Waals surface area (Å²) < 4.78 is 0. The normalized spacial score (nSPS) is 11.5. The average Bonchev–Trinajstić information content (AvgIpc) is 2.45. The maximum Gasteiger partial charge on any atom is 0.326 e. The number of carbonyl (C=O) groups excluding carboxylic acids is 2. The van der Waals surface area contributed by atoms with E-state index in [1.807, 2.05) is 13.2 Å².